The summed E-state index contributed by atoms with van der Waals surface area (Å²) in [5, 5.41) is 3.52. The van der Waals surface area contributed by atoms with E-state index in [4.69, 9.17) is 4.74 Å². The molecule has 5 heteroatoms. The van der Waals surface area contributed by atoms with E-state index in [1.54, 1.807) is 0 Å². The van der Waals surface area contributed by atoms with Crippen molar-refractivity contribution in [2.45, 2.75) is 25.1 Å². The highest BCUT2D eigenvalue weighted by Crippen LogP contribution is 2.34. The molecule has 0 radical (unpaired) electrons. The van der Waals surface area contributed by atoms with Gasteiger partial charge in [0, 0.05) is 23.3 Å². The number of hydrogen-bond donors (Lipinski definition) is 1. The number of benzene rings is 2. The molecule has 0 bridgehead atoms. The minimum atomic E-state index is -0.186. The van der Waals surface area contributed by atoms with Crippen LogP contribution < -0.4 is 5.32 Å². The highest BCUT2D eigenvalue weighted by Gasteiger charge is 2.35. The highest BCUT2D eigenvalue weighted by atomic mass is 79.9. The van der Waals surface area contributed by atoms with Gasteiger partial charge in [0.1, 0.15) is 6.17 Å². The molecular weight excluding hydrogens is 368 g/mol. The second-order valence-electron chi connectivity index (χ2n) is 6.24. The summed E-state index contributed by atoms with van der Waals surface area (Å²) in [5.41, 5.74) is 2.67. The van der Waals surface area contributed by atoms with Gasteiger partial charge in [-0.3, -0.25) is 4.79 Å². The third-order valence-corrected chi connectivity index (χ3v) is 5.10. The second kappa shape index (κ2) is 6.57. The Morgan fingerprint density at radius 2 is 2.08 bits per heavy atom. The molecule has 0 unspecified atom stereocenters. The summed E-state index contributed by atoms with van der Waals surface area (Å²) in [6, 6.07) is 15.8. The highest BCUT2D eigenvalue weighted by molar-refractivity contribution is 9.10. The van der Waals surface area contributed by atoms with Crippen LogP contribution in [0.25, 0.3) is 0 Å². The first kappa shape index (κ1) is 15.7. The van der Waals surface area contributed by atoms with Crippen LogP contribution in [0.2, 0.25) is 0 Å². The summed E-state index contributed by atoms with van der Waals surface area (Å²) in [7, 11) is 0. The fraction of sp³-hybridized carbons (Fsp3) is 0.316. The number of amides is 1. The molecule has 0 aliphatic carbocycles. The molecular formula is C19H19BrN2O2. The number of anilines is 1. The van der Waals surface area contributed by atoms with E-state index >= 15 is 0 Å². The lowest BCUT2D eigenvalue weighted by atomic mass is 10.0. The number of halogens is 1. The van der Waals surface area contributed by atoms with Crippen LogP contribution in [0.15, 0.2) is 53.0 Å². The molecule has 24 heavy (non-hydrogen) atoms. The molecule has 2 atom stereocenters. The molecule has 2 aliphatic rings. The van der Waals surface area contributed by atoms with E-state index < -0.39 is 0 Å². The number of para-hydroxylation sites is 1. The number of nitrogens with zero attached hydrogens (tertiary/aromatic N) is 1. The molecule has 2 aromatic rings. The van der Waals surface area contributed by atoms with Crippen molar-refractivity contribution in [3.8, 4) is 0 Å². The quantitative estimate of drug-likeness (QED) is 0.859. The zero-order valence-electron chi connectivity index (χ0n) is 13.2. The lowest BCUT2D eigenvalue weighted by molar-refractivity contribution is 0.0427. The monoisotopic (exact) mass is 386 g/mol. The minimum absolute atomic E-state index is 0.0600. The maximum absolute atomic E-state index is 13.1. The Bertz CT molecular complexity index is 759. The third-order valence-electron chi connectivity index (χ3n) is 4.61. The summed E-state index contributed by atoms with van der Waals surface area (Å²) in [6.45, 7) is 1.40. The molecule has 1 amide bonds. The first-order chi connectivity index (χ1) is 11.7. The first-order valence-corrected chi connectivity index (χ1v) is 9.05. The number of nitrogens with one attached hydrogen (secondary N) is 1. The fourth-order valence-electron chi connectivity index (χ4n) is 3.43. The predicted octanol–water partition coefficient (Wildman–Crippen LogP) is 4.19. The van der Waals surface area contributed by atoms with Crippen LogP contribution in [-0.2, 0) is 4.74 Å². The van der Waals surface area contributed by atoms with Gasteiger partial charge in [-0.25, -0.2) is 0 Å². The van der Waals surface area contributed by atoms with Gasteiger partial charge in [-0.15, -0.1) is 0 Å². The topological polar surface area (TPSA) is 41.6 Å². The van der Waals surface area contributed by atoms with E-state index in [1.807, 2.05) is 47.4 Å². The molecule has 0 saturated carbocycles. The summed E-state index contributed by atoms with van der Waals surface area (Å²) < 4.78 is 6.77. The molecule has 4 rings (SSSR count). The number of carbonyl (C=O) groups excluding carboxylic acids is 1. The molecule has 4 nitrogen and oxygen atoms in total. The molecule has 0 spiro atoms. The third kappa shape index (κ3) is 2.94. The molecule has 2 aliphatic heterocycles. The Morgan fingerprint density at radius 3 is 2.88 bits per heavy atom. The van der Waals surface area contributed by atoms with Gasteiger partial charge in [0.2, 0.25) is 0 Å². The van der Waals surface area contributed by atoms with E-state index in [-0.39, 0.29) is 18.2 Å². The van der Waals surface area contributed by atoms with E-state index in [0.717, 1.165) is 40.7 Å². The van der Waals surface area contributed by atoms with E-state index in [9.17, 15) is 4.79 Å². The molecule has 0 aromatic heterocycles. The van der Waals surface area contributed by atoms with Crippen molar-refractivity contribution in [2.24, 2.45) is 0 Å². The number of rotatable bonds is 3. The van der Waals surface area contributed by atoms with Gasteiger partial charge in [-0.1, -0.05) is 40.2 Å². The normalized spacial score (nSPS) is 23.0. The van der Waals surface area contributed by atoms with Crippen molar-refractivity contribution in [3.63, 3.8) is 0 Å². The molecule has 1 fully saturated rings. The minimum Gasteiger partial charge on any atom is -0.376 e. The summed E-state index contributed by atoms with van der Waals surface area (Å²) in [5.74, 6) is 0.0600. The van der Waals surface area contributed by atoms with Gasteiger partial charge < -0.3 is 15.0 Å². The number of fused-ring (bicyclic) bond motifs is 1. The second-order valence-corrected chi connectivity index (χ2v) is 7.16. The van der Waals surface area contributed by atoms with Crippen molar-refractivity contribution in [2.75, 3.05) is 18.5 Å². The molecule has 2 aromatic carbocycles. The van der Waals surface area contributed by atoms with Crippen LogP contribution in [0.3, 0.4) is 0 Å². The van der Waals surface area contributed by atoms with Crippen molar-refractivity contribution < 1.29 is 9.53 Å². The summed E-state index contributed by atoms with van der Waals surface area (Å²) >= 11 is 3.53. The van der Waals surface area contributed by atoms with Crippen LogP contribution in [0, 0.1) is 0 Å². The van der Waals surface area contributed by atoms with Crippen LogP contribution in [0.4, 0.5) is 5.69 Å². The number of ether oxygens (including phenoxy) is 1. The van der Waals surface area contributed by atoms with E-state index in [1.165, 1.54) is 0 Å². The largest absolute Gasteiger partial charge is 0.376 e. The van der Waals surface area contributed by atoms with Gasteiger partial charge in [-0.2, -0.15) is 0 Å². The SMILES string of the molecule is O=C1c2ccccc2N[C@H](c2cccc(Br)c2)N1C[C@H]1CCCO1. The summed E-state index contributed by atoms with van der Waals surface area (Å²) in [4.78, 5) is 15.0. The fourth-order valence-corrected chi connectivity index (χ4v) is 3.85. The Hall–Kier alpha value is -1.85. The van der Waals surface area contributed by atoms with Crippen LogP contribution >= 0.6 is 15.9 Å². The van der Waals surface area contributed by atoms with Crippen molar-refractivity contribution in [3.05, 3.63) is 64.1 Å². The van der Waals surface area contributed by atoms with Gasteiger partial charge in [0.15, 0.2) is 0 Å². The Kier molecular flexibility index (Phi) is 4.29. The predicted molar refractivity (Wildman–Crippen MR) is 97.0 cm³/mol. The lowest BCUT2D eigenvalue weighted by Gasteiger charge is -2.39. The number of carbonyl (C=O) groups is 1. The Balaban J connectivity index is 1.72. The number of hydrogen-bond acceptors (Lipinski definition) is 3. The Morgan fingerprint density at radius 1 is 1.21 bits per heavy atom. The smallest absolute Gasteiger partial charge is 0.257 e. The van der Waals surface area contributed by atoms with Crippen molar-refractivity contribution in [1.82, 2.24) is 4.90 Å². The average molecular weight is 387 g/mol. The van der Waals surface area contributed by atoms with Crippen LogP contribution in [-0.4, -0.2) is 30.1 Å². The Labute approximate surface area is 149 Å². The zero-order chi connectivity index (χ0) is 16.5. The maximum Gasteiger partial charge on any atom is 0.257 e. The van der Waals surface area contributed by atoms with Gasteiger partial charge in [-0.05, 0) is 42.7 Å². The average Bonchev–Trinajstić information content (AvgIpc) is 3.10. The maximum atomic E-state index is 13.1. The standard InChI is InChI=1S/C19H19BrN2O2/c20-14-6-3-5-13(11-14)18-21-17-9-2-1-8-16(17)19(23)22(18)12-15-7-4-10-24-15/h1-3,5-6,8-9,11,15,18,21H,4,7,10,12H2/t15-,18+/m1/s1. The molecule has 2 heterocycles. The first-order valence-electron chi connectivity index (χ1n) is 8.26. The van der Waals surface area contributed by atoms with E-state index in [2.05, 4.69) is 27.3 Å². The van der Waals surface area contributed by atoms with E-state index in [0.29, 0.717) is 6.54 Å². The van der Waals surface area contributed by atoms with Gasteiger partial charge >= 0.3 is 0 Å². The zero-order valence-corrected chi connectivity index (χ0v) is 14.8. The lowest BCUT2D eigenvalue weighted by Crippen LogP contribution is -2.46. The summed E-state index contributed by atoms with van der Waals surface area (Å²) in [6.07, 6.45) is 2.01. The molecule has 1 saturated heterocycles. The van der Waals surface area contributed by atoms with Crippen LogP contribution in [0.5, 0.6) is 0 Å². The van der Waals surface area contributed by atoms with Gasteiger partial charge in [0.25, 0.3) is 5.91 Å². The molecule has 124 valence electrons. The van der Waals surface area contributed by atoms with Crippen molar-refractivity contribution in [1.29, 1.82) is 0 Å². The van der Waals surface area contributed by atoms with Gasteiger partial charge in [0.05, 0.1) is 11.7 Å². The van der Waals surface area contributed by atoms with Crippen molar-refractivity contribution >= 4 is 27.5 Å². The molecule has 1 N–H and O–H groups in total. The van der Waals surface area contributed by atoms with Crippen LogP contribution in [0.1, 0.15) is 34.9 Å².